The van der Waals surface area contributed by atoms with Crippen molar-refractivity contribution >= 4 is 5.71 Å². The number of nitrogens with zero attached hydrogens (tertiary/aromatic N) is 2. The molecule has 0 aromatic heterocycles. The molecule has 3 nitrogen and oxygen atoms in total. The van der Waals surface area contributed by atoms with Crippen LogP contribution in [0.15, 0.2) is 29.4 Å². The van der Waals surface area contributed by atoms with E-state index in [-0.39, 0.29) is 6.10 Å². The van der Waals surface area contributed by atoms with Crippen molar-refractivity contribution in [1.82, 2.24) is 0 Å². The molecule has 70 valence electrons. The molecule has 1 atom stereocenters. The normalized spacial score (nSPS) is 19.7. The average Bonchev–Trinajstić information content (AvgIpc) is 2.65. The van der Waals surface area contributed by atoms with E-state index in [1.807, 2.05) is 19.1 Å². The van der Waals surface area contributed by atoms with Crippen LogP contribution in [0.5, 0.6) is 0 Å². The van der Waals surface area contributed by atoms with Crippen molar-refractivity contribution in [1.29, 1.82) is 5.26 Å². The Morgan fingerprint density at radius 2 is 2.14 bits per heavy atom. The minimum absolute atomic E-state index is 0.167. The molecular formula is C11H10N2O. The molecule has 0 saturated heterocycles. The monoisotopic (exact) mass is 186 g/mol. The van der Waals surface area contributed by atoms with E-state index in [0.717, 1.165) is 17.7 Å². The number of nitriles is 1. The van der Waals surface area contributed by atoms with Crippen LogP contribution in [0.1, 0.15) is 24.5 Å². The van der Waals surface area contributed by atoms with Crippen molar-refractivity contribution in [3.63, 3.8) is 0 Å². The zero-order valence-corrected chi connectivity index (χ0v) is 7.90. The van der Waals surface area contributed by atoms with Crippen LogP contribution >= 0.6 is 0 Å². The molecular weight excluding hydrogens is 176 g/mol. The number of rotatable bonds is 1. The Morgan fingerprint density at radius 3 is 2.64 bits per heavy atom. The molecule has 0 aliphatic carbocycles. The summed E-state index contributed by atoms with van der Waals surface area (Å²) in [7, 11) is 0. The summed E-state index contributed by atoms with van der Waals surface area (Å²) in [5.41, 5.74) is 2.66. The van der Waals surface area contributed by atoms with Crippen LogP contribution in [0.3, 0.4) is 0 Å². The molecule has 3 heteroatoms. The average molecular weight is 186 g/mol. The van der Waals surface area contributed by atoms with Gasteiger partial charge in [0.1, 0.15) is 6.10 Å². The van der Waals surface area contributed by atoms with Crippen molar-refractivity contribution in [2.45, 2.75) is 19.4 Å². The molecule has 1 heterocycles. The van der Waals surface area contributed by atoms with Gasteiger partial charge in [-0.05, 0) is 24.6 Å². The van der Waals surface area contributed by atoms with E-state index >= 15 is 0 Å². The first-order valence-electron chi connectivity index (χ1n) is 4.53. The molecule has 0 saturated carbocycles. The molecule has 0 fully saturated rings. The van der Waals surface area contributed by atoms with Crippen molar-refractivity contribution in [3.05, 3.63) is 35.4 Å². The highest BCUT2D eigenvalue weighted by molar-refractivity contribution is 6.01. The van der Waals surface area contributed by atoms with Crippen LogP contribution in [0.2, 0.25) is 0 Å². The topological polar surface area (TPSA) is 45.4 Å². The molecule has 0 N–H and O–H groups in total. The summed E-state index contributed by atoms with van der Waals surface area (Å²) in [6.07, 6.45) is 1.01. The summed E-state index contributed by atoms with van der Waals surface area (Å²) in [5, 5.41) is 12.6. The first-order valence-corrected chi connectivity index (χ1v) is 4.53. The lowest BCUT2D eigenvalue weighted by Gasteiger charge is -1.98. The predicted molar refractivity (Wildman–Crippen MR) is 52.9 cm³/mol. The Bertz CT molecular complexity index is 400. The van der Waals surface area contributed by atoms with E-state index in [9.17, 15) is 0 Å². The fraction of sp³-hybridized carbons (Fsp3) is 0.273. The standard InChI is InChI=1S/C11H10N2O/c1-8-6-11(13-14-8)10-4-2-9(7-12)3-5-10/h2-5,8H,6H2,1H3. The third-order valence-electron chi connectivity index (χ3n) is 2.17. The van der Waals surface area contributed by atoms with Gasteiger partial charge in [0, 0.05) is 6.42 Å². The van der Waals surface area contributed by atoms with E-state index < -0.39 is 0 Å². The third-order valence-corrected chi connectivity index (χ3v) is 2.17. The Labute approximate surface area is 82.6 Å². The lowest BCUT2D eigenvalue weighted by Crippen LogP contribution is -2.02. The van der Waals surface area contributed by atoms with Gasteiger partial charge < -0.3 is 4.84 Å². The maximum absolute atomic E-state index is 8.63. The Kier molecular flexibility index (Phi) is 2.19. The highest BCUT2D eigenvalue weighted by Crippen LogP contribution is 2.16. The van der Waals surface area contributed by atoms with Gasteiger partial charge in [0.05, 0.1) is 17.3 Å². The van der Waals surface area contributed by atoms with Gasteiger partial charge in [-0.1, -0.05) is 17.3 Å². The molecule has 2 rings (SSSR count). The minimum Gasteiger partial charge on any atom is -0.392 e. The summed E-state index contributed by atoms with van der Waals surface area (Å²) in [5.74, 6) is 0. The Morgan fingerprint density at radius 1 is 1.43 bits per heavy atom. The summed E-state index contributed by atoms with van der Waals surface area (Å²) in [4.78, 5) is 5.10. The first kappa shape index (κ1) is 8.76. The van der Waals surface area contributed by atoms with E-state index in [1.54, 1.807) is 12.1 Å². The second-order valence-electron chi connectivity index (χ2n) is 3.35. The van der Waals surface area contributed by atoms with Gasteiger partial charge in [0.2, 0.25) is 0 Å². The smallest absolute Gasteiger partial charge is 0.130 e. The number of oxime groups is 1. The summed E-state index contributed by atoms with van der Waals surface area (Å²) < 4.78 is 0. The van der Waals surface area contributed by atoms with E-state index in [1.165, 1.54) is 0 Å². The second kappa shape index (κ2) is 3.51. The van der Waals surface area contributed by atoms with Crippen LogP contribution in [-0.4, -0.2) is 11.8 Å². The Hall–Kier alpha value is -1.82. The largest absolute Gasteiger partial charge is 0.392 e. The van der Waals surface area contributed by atoms with Crippen molar-refractivity contribution in [2.24, 2.45) is 5.16 Å². The number of benzene rings is 1. The van der Waals surface area contributed by atoms with Crippen molar-refractivity contribution in [2.75, 3.05) is 0 Å². The lowest BCUT2D eigenvalue weighted by atomic mass is 10.0. The van der Waals surface area contributed by atoms with E-state index in [2.05, 4.69) is 11.2 Å². The van der Waals surface area contributed by atoms with Gasteiger partial charge in [-0.3, -0.25) is 0 Å². The van der Waals surface area contributed by atoms with E-state index in [4.69, 9.17) is 10.1 Å². The van der Waals surface area contributed by atoms with Crippen LogP contribution in [-0.2, 0) is 4.84 Å². The van der Waals surface area contributed by atoms with Gasteiger partial charge in [-0.15, -0.1) is 0 Å². The number of hydrogen-bond acceptors (Lipinski definition) is 3. The van der Waals surface area contributed by atoms with Crippen LogP contribution < -0.4 is 0 Å². The molecule has 1 aromatic rings. The summed E-state index contributed by atoms with van der Waals surface area (Å²) in [6.45, 7) is 1.99. The molecule has 0 bridgehead atoms. The molecule has 0 spiro atoms. The fourth-order valence-corrected chi connectivity index (χ4v) is 1.41. The van der Waals surface area contributed by atoms with Gasteiger partial charge >= 0.3 is 0 Å². The molecule has 0 amide bonds. The van der Waals surface area contributed by atoms with Crippen molar-refractivity contribution < 1.29 is 4.84 Å². The number of hydrogen-bond donors (Lipinski definition) is 0. The fourth-order valence-electron chi connectivity index (χ4n) is 1.41. The van der Waals surface area contributed by atoms with Crippen LogP contribution in [0, 0.1) is 11.3 Å². The predicted octanol–water partition coefficient (Wildman–Crippen LogP) is 2.07. The second-order valence-corrected chi connectivity index (χ2v) is 3.35. The molecule has 1 unspecified atom stereocenters. The summed E-state index contributed by atoms with van der Waals surface area (Å²) in [6, 6.07) is 9.47. The molecule has 14 heavy (non-hydrogen) atoms. The highest BCUT2D eigenvalue weighted by atomic mass is 16.6. The van der Waals surface area contributed by atoms with Gasteiger partial charge in [0.15, 0.2) is 0 Å². The SMILES string of the molecule is CC1CC(c2ccc(C#N)cc2)=NO1. The zero-order valence-electron chi connectivity index (χ0n) is 7.90. The van der Waals surface area contributed by atoms with Crippen LogP contribution in [0.4, 0.5) is 0 Å². The maximum Gasteiger partial charge on any atom is 0.130 e. The summed E-state index contributed by atoms with van der Waals surface area (Å²) >= 11 is 0. The minimum atomic E-state index is 0.167. The Balaban J connectivity index is 2.23. The van der Waals surface area contributed by atoms with Gasteiger partial charge in [0.25, 0.3) is 0 Å². The maximum atomic E-state index is 8.63. The van der Waals surface area contributed by atoms with Gasteiger partial charge in [-0.25, -0.2) is 0 Å². The van der Waals surface area contributed by atoms with Crippen molar-refractivity contribution in [3.8, 4) is 6.07 Å². The first-order chi connectivity index (χ1) is 6.79. The molecule has 1 aliphatic heterocycles. The zero-order chi connectivity index (χ0) is 9.97. The van der Waals surface area contributed by atoms with Crippen LogP contribution in [0.25, 0.3) is 0 Å². The molecule has 1 aliphatic rings. The lowest BCUT2D eigenvalue weighted by molar-refractivity contribution is 0.0995. The molecule has 1 aromatic carbocycles. The third kappa shape index (κ3) is 1.60. The van der Waals surface area contributed by atoms with E-state index in [0.29, 0.717) is 5.56 Å². The quantitative estimate of drug-likeness (QED) is 0.674. The van der Waals surface area contributed by atoms with Gasteiger partial charge in [-0.2, -0.15) is 5.26 Å². The molecule has 0 radical (unpaired) electrons. The highest BCUT2D eigenvalue weighted by Gasteiger charge is 2.17.